The predicted octanol–water partition coefficient (Wildman–Crippen LogP) is 4.60. The van der Waals surface area contributed by atoms with Crippen LogP contribution in [0.1, 0.15) is 57.8 Å². The molecule has 3 aliphatic rings. The normalized spacial score (nSPS) is 23.0. The van der Waals surface area contributed by atoms with Gasteiger partial charge in [0.15, 0.2) is 11.4 Å². The highest BCUT2D eigenvalue weighted by Crippen LogP contribution is 2.55. The molecule has 11 nitrogen and oxygen atoms in total. The number of carbonyl (C=O) groups is 2. The number of Topliss-reactive ketones (excluding diaryl/α,β-unsaturated/α-hetero) is 2. The first kappa shape index (κ1) is 30.6. The molecule has 2 aromatic carbocycles. The molecule has 0 amide bonds. The van der Waals surface area contributed by atoms with Crippen molar-refractivity contribution in [3.8, 4) is 11.6 Å². The third-order valence-corrected chi connectivity index (χ3v) is 9.39. The third kappa shape index (κ3) is 4.97. The van der Waals surface area contributed by atoms with E-state index >= 15 is 0 Å². The van der Waals surface area contributed by atoms with E-state index in [9.17, 15) is 19.8 Å². The minimum absolute atomic E-state index is 0.00646. The number of aliphatic hydroxyl groups is 2. The molecule has 0 aliphatic heterocycles. The topological polar surface area (TPSA) is 147 Å². The van der Waals surface area contributed by atoms with Gasteiger partial charge in [0.25, 0.3) is 5.88 Å². The molecule has 3 aliphatic carbocycles. The van der Waals surface area contributed by atoms with Crippen LogP contribution < -0.4 is 19.7 Å². The Balaban J connectivity index is 1.30. The number of ketones is 2. The first-order valence-corrected chi connectivity index (χ1v) is 15.7. The van der Waals surface area contributed by atoms with E-state index < -0.39 is 35.0 Å². The summed E-state index contributed by atoms with van der Waals surface area (Å²) >= 11 is 0. The lowest BCUT2D eigenvalue weighted by molar-refractivity contribution is -0.140. The molecule has 4 atom stereocenters. The number of benzene rings is 2. The first-order chi connectivity index (χ1) is 22.7. The first-order valence-electron chi connectivity index (χ1n) is 15.7. The zero-order chi connectivity index (χ0) is 32.9. The Morgan fingerprint density at radius 2 is 1.64 bits per heavy atom. The van der Waals surface area contributed by atoms with Crippen molar-refractivity contribution in [1.29, 1.82) is 0 Å². The summed E-state index contributed by atoms with van der Waals surface area (Å²) in [5.41, 5.74) is 0.273. The van der Waals surface area contributed by atoms with Crippen LogP contribution in [0, 0.1) is 11.8 Å². The van der Waals surface area contributed by atoms with Crippen molar-refractivity contribution in [1.82, 2.24) is 15.5 Å². The third-order valence-electron chi connectivity index (χ3n) is 9.39. The lowest BCUT2D eigenvalue weighted by Crippen LogP contribution is -2.63. The van der Waals surface area contributed by atoms with Crippen LogP contribution in [0.25, 0.3) is 5.76 Å². The maximum atomic E-state index is 14.6. The molecule has 11 heteroatoms. The maximum absolute atomic E-state index is 14.6. The Hall–Kier alpha value is -5.00. The Kier molecular flexibility index (Phi) is 7.81. The molecular weight excluding hydrogens is 600 g/mol. The van der Waals surface area contributed by atoms with Crippen molar-refractivity contribution >= 4 is 23.1 Å². The molecule has 1 saturated carbocycles. The van der Waals surface area contributed by atoms with Gasteiger partial charge in [-0.25, -0.2) is 4.98 Å². The highest BCUT2D eigenvalue weighted by molar-refractivity contribution is 6.26. The molecule has 0 saturated heterocycles. The van der Waals surface area contributed by atoms with Gasteiger partial charge in [-0.15, -0.1) is 0 Å². The standard InChI is InChI=1S/C36H36N4O7/c1-4-37-29-24-16-22-15-23-27(25(17-38-34(23)40(2)3)45-18-20-11-7-5-8-12-20)30(41)26(22)32(42)36(24,44)33(43)28-31(29)47-39-35(28)46-19-21-13-9-6-10-14-21/h5-14,17,22,24,29,37,41,44H,4,15-16,18-19H2,1-3H3/t22-,24-,29-,36-/m0/s1. The fraction of sp³-hybridized carbons (Fsp3) is 0.333. The van der Waals surface area contributed by atoms with Crippen LogP contribution in [0.2, 0.25) is 0 Å². The summed E-state index contributed by atoms with van der Waals surface area (Å²) < 4.78 is 17.8. The average molecular weight is 637 g/mol. The van der Waals surface area contributed by atoms with Crippen LogP contribution in [0.5, 0.6) is 11.6 Å². The summed E-state index contributed by atoms with van der Waals surface area (Å²) in [6.07, 6.45) is 2.09. The van der Waals surface area contributed by atoms with E-state index in [4.69, 9.17) is 14.0 Å². The van der Waals surface area contributed by atoms with E-state index in [1.165, 1.54) is 6.20 Å². The highest BCUT2D eigenvalue weighted by Gasteiger charge is 2.65. The quantitative estimate of drug-likeness (QED) is 0.222. The number of fused-ring (bicyclic) bond motifs is 4. The Morgan fingerprint density at radius 3 is 2.28 bits per heavy atom. The molecule has 4 aromatic rings. The van der Waals surface area contributed by atoms with Crippen molar-refractivity contribution in [2.45, 2.75) is 44.6 Å². The fourth-order valence-electron chi connectivity index (χ4n) is 7.24. The number of ether oxygens (including phenoxy) is 2. The van der Waals surface area contributed by atoms with Gasteiger partial charge in [0, 0.05) is 31.1 Å². The SMILES string of the molecule is CCN[C@@H]1c2onc(OCc3ccccc3)c2C(=O)[C@@]2(O)C(=O)C3=C(O)c4c(OCc5ccccc5)cnc(N(C)C)c4C[C@H]3C[C@@H]12. The monoisotopic (exact) mass is 636 g/mol. The summed E-state index contributed by atoms with van der Waals surface area (Å²) in [5, 5.41) is 31.6. The smallest absolute Gasteiger partial charge is 0.265 e. The molecule has 2 aromatic heterocycles. The molecular formula is C36H36N4O7. The van der Waals surface area contributed by atoms with Crippen LogP contribution in [0.3, 0.4) is 0 Å². The average Bonchev–Trinajstić information content (AvgIpc) is 3.50. The van der Waals surface area contributed by atoms with E-state index in [0.717, 1.165) is 16.7 Å². The van der Waals surface area contributed by atoms with E-state index in [2.05, 4.69) is 15.5 Å². The Morgan fingerprint density at radius 1 is 0.979 bits per heavy atom. The molecule has 7 rings (SSSR count). The predicted molar refractivity (Wildman–Crippen MR) is 172 cm³/mol. The van der Waals surface area contributed by atoms with Crippen LogP contribution in [-0.2, 0) is 24.4 Å². The van der Waals surface area contributed by atoms with Gasteiger partial charge in [-0.05, 0) is 41.6 Å². The van der Waals surface area contributed by atoms with Crippen LogP contribution in [-0.4, -0.2) is 58.2 Å². The molecule has 47 heavy (non-hydrogen) atoms. The summed E-state index contributed by atoms with van der Waals surface area (Å²) in [5.74, 6) is -2.33. The maximum Gasteiger partial charge on any atom is 0.265 e. The number of pyridine rings is 1. The van der Waals surface area contributed by atoms with E-state index in [-0.39, 0.29) is 48.2 Å². The van der Waals surface area contributed by atoms with Gasteiger partial charge in [0.05, 0.1) is 17.8 Å². The van der Waals surface area contributed by atoms with Gasteiger partial charge >= 0.3 is 0 Å². The number of aromatic nitrogens is 2. The molecule has 0 radical (unpaired) electrons. The molecule has 1 fully saturated rings. The van der Waals surface area contributed by atoms with Gasteiger partial charge in [-0.3, -0.25) is 9.59 Å². The number of rotatable bonds is 9. The van der Waals surface area contributed by atoms with Crippen molar-refractivity contribution in [2.75, 3.05) is 25.5 Å². The van der Waals surface area contributed by atoms with Gasteiger partial charge in [0.1, 0.15) is 36.1 Å². The summed E-state index contributed by atoms with van der Waals surface area (Å²) in [4.78, 5) is 35.3. The van der Waals surface area contributed by atoms with E-state index in [1.54, 1.807) is 0 Å². The zero-order valence-corrected chi connectivity index (χ0v) is 26.4. The van der Waals surface area contributed by atoms with Crippen molar-refractivity contribution in [2.24, 2.45) is 11.8 Å². The summed E-state index contributed by atoms with van der Waals surface area (Å²) in [6.45, 7) is 2.68. The highest BCUT2D eigenvalue weighted by atomic mass is 16.5. The van der Waals surface area contributed by atoms with Crippen molar-refractivity contribution < 1.29 is 33.8 Å². The number of nitrogens with zero attached hydrogens (tertiary/aromatic N) is 3. The molecule has 0 spiro atoms. The van der Waals surface area contributed by atoms with Gasteiger partial charge in [0.2, 0.25) is 11.6 Å². The van der Waals surface area contributed by atoms with Gasteiger partial charge < -0.3 is 34.4 Å². The second-order valence-electron chi connectivity index (χ2n) is 12.4. The van der Waals surface area contributed by atoms with Crippen LogP contribution >= 0.6 is 0 Å². The number of hydrogen-bond donors (Lipinski definition) is 3. The lowest BCUT2D eigenvalue weighted by Gasteiger charge is -2.48. The second kappa shape index (κ2) is 12.0. The van der Waals surface area contributed by atoms with Crippen LogP contribution in [0.15, 0.2) is 77.0 Å². The number of nitrogens with one attached hydrogen (secondary N) is 1. The zero-order valence-electron chi connectivity index (χ0n) is 26.4. The molecule has 2 heterocycles. The number of anilines is 1. The van der Waals surface area contributed by atoms with E-state index in [1.807, 2.05) is 86.6 Å². The largest absolute Gasteiger partial charge is 0.507 e. The second-order valence-corrected chi connectivity index (χ2v) is 12.4. The van der Waals surface area contributed by atoms with Crippen molar-refractivity contribution in [3.63, 3.8) is 0 Å². The fourth-order valence-corrected chi connectivity index (χ4v) is 7.24. The lowest BCUT2D eigenvalue weighted by atomic mass is 9.57. The number of aliphatic hydroxyl groups excluding tert-OH is 1. The Labute approximate surface area is 271 Å². The minimum Gasteiger partial charge on any atom is -0.507 e. The van der Waals surface area contributed by atoms with E-state index in [0.29, 0.717) is 30.1 Å². The van der Waals surface area contributed by atoms with Crippen LogP contribution in [0.4, 0.5) is 5.82 Å². The van der Waals surface area contributed by atoms with Gasteiger partial charge in [-0.1, -0.05) is 67.6 Å². The molecule has 0 unspecified atom stereocenters. The molecule has 242 valence electrons. The minimum atomic E-state index is -2.49. The number of hydrogen-bond acceptors (Lipinski definition) is 11. The van der Waals surface area contributed by atoms with Gasteiger partial charge in [-0.2, -0.15) is 0 Å². The summed E-state index contributed by atoms with van der Waals surface area (Å²) in [7, 11) is 3.72. The number of carbonyl (C=O) groups excluding carboxylic acids is 2. The summed E-state index contributed by atoms with van der Waals surface area (Å²) in [6, 6.07) is 18.2. The Bertz CT molecular complexity index is 1870. The molecule has 0 bridgehead atoms. The molecule has 3 N–H and O–H groups in total. The van der Waals surface area contributed by atoms with Crippen molar-refractivity contribution in [3.05, 3.63) is 106 Å².